The fraction of sp³-hybridized carbons (Fsp3) is 0.500. The number of rotatable bonds is 3. The second kappa shape index (κ2) is 5.27. The Bertz CT molecular complexity index is 514. The molecule has 0 radical (unpaired) electrons. The van der Waals surface area contributed by atoms with Crippen molar-refractivity contribution in [3.8, 4) is 0 Å². The third kappa shape index (κ3) is 2.19. The number of carbonyl (C=O) groups excluding carboxylic acids is 2. The third-order valence-corrected chi connectivity index (χ3v) is 4.25. The minimum absolute atomic E-state index is 0.0369. The predicted octanol–water partition coefficient (Wildman–Crippen LogP) is 2.05. The standard InChI is InChI=1S/C16H22N2O2/c1-5-11(2)18-12(3)14(19)17-16(4,15(18)20)13-9-7-6-8-10-13/h6-12H,5H2,1-4H3,(H,17,19). The van der Waals surface area contributed by atoms with Gasteiger partial charge in [-0.2, -0.15) is 0 Å². The first-order valence-corrected chi connectivity index (χ1v) is 7.12. The molecule has 1 aliphatic rings. The van der Waals surface area contributed by atoms with Gasteiger partial charge in [0.05, 0.1) is 0 Å². The summed E-state index contributed by atoms with van der Waals surface area (Å²) in [5.74, 6) is -0.138. The van der Waals surface area contributed by atoms with E-state index in [2.05, 4.69) is 5.32 Å². The van der Waals surface area contributed by atoms with E-state index in [0.29, 0.717) is 0 Å². The van der Waals surface area contributed by atoms with Gasteiger partial charge in [-0.15, -0.1) is 0 Å². The summed E-state index contributed by atoms with van der Waals surface area (Å²) >= 11 is 0. The molecule has 0 spiro atoms. The Morgan fingerprint density at radius 1 is 1.30 bits per heavy atom. The number of nitrogens with zero attached hydrogens (tertiary/aromatic N) is 1. The normalized spacial score (nSPS) is 28.2. The smallest absolute Gasteiger partial charge is 0.253 e. The van der Waals surface area contributed by atoms with Crippen LogP contribution in [0.15, 0.2) is 30.3 Å². The maximum absolute atomic E-state index is 12.9. The molecule has 1 fully saturated rings. The number of nitrogens with one attached hydrogen (secondary N) is 1. The second-order valence-corrected chi connectivity index (χ2v) is 5.63. The minimum atomic E-state index is -0.978. The van der Waals surface area contributed by atoms with Gasteiger partial charge in [-0.1, -0.05) is 37.3 Å². The van der Waals surface area contributed by atoms with Gasteiger partial charge in [0.15, 0.2) is 0 Å². The lowest BCUT2D eigenvalue weighted by molar-refractivity contribution is -0.156. The van der Waals surface area contributed by atoms with Gasteiger partial charge in [-0.25, -0.2) is 0 Å². The van der Waals surface area contributed by atoms with Crippen molar-refractivity contribution in [1.82, 2.24) is 10.2 Å². The molecule has 1 N–H and O–H groups in total. The largest absolute Gasteiger partial charge is 0.336 e. The minimum Gasteiger partial charge on any atom is -0.336 e. The molecule has 2 rings (SSSR count). The molecular formula is C16H22N2O2. The summed E-state index contributed by atoms with van der Waals surface area (Å²) in [6, 6.07) is 9.04. The van der Waals surface area contributed by atoms with Gasteiger partial charge in [-0.3, -0.25) is 9.59 Å². The van der Waals surface area contributed by atoms with E-state index in [4.69, 9.17) is 0 Å². The van der Waals surface area contributed by atoms with Crippen LogP contribution in [0.4, 0.5) is 0 Å². The van der Waals surface area contributed by atoms with Crippen LogP contribution in [0.1, 0.15) is 39.7 Å². The molecule has 0 aliphatic carbocycles. The molecule has 1 heterocycles. The lowest BCUT2D eigenvalue weighted by Gasteiger charge is -2.46. The molecule has 20 heavy (non-hydrogen) atoms. The fourth-order valence-corrected chi connectivity index (χ4v) is 2.71. The molecular weight excluding hydrogens is 252 g/mol. The molecule has 3 atom stereocenters. The first-order chi connectivity index (χ1) is 9.41. The van der Waals surface area contributed by atoms with Crippen LogP contribution < -0.4 is 5.32 Å². The lowest BCUT2D eigenvalue weighted by atomic mass is 9.86. The van der Waals surface area contributed by atoms with E-state index >= 15 is 0 Å². The molecule has 1 aromatic carbocycles. The molecule has 4 heteroatoms. The topological polar surface area (TPSA) is 49.4 Å². The highest BCUT2D eigenvalue weighted by molar-refractivity contribution is 6.00. The highest BCUT2D eigenvalue weighted by Gasteiger charge is 2.48. The SMILES string of the molecule is CCC(C)N1C(=O)C(C)(c2ccccc2)NC(=O)C1C. The Morgan fingerprint density at radius 2 is 1.90 bits per heavy atom. The molecule has 0 bridgehead atoms. The van der Waals surface area contributed by atoms with Gasteiger partial charge in [0.25, 0.3) is 5.91 Å². The van der Waals surface area contributed by atoms with Crippen LogP contribution in [0, 0.1) is 0 Å². The number of hydrogen-bond donors (Lipinski definition) is 1. The molecule has 3 unspecified atom stereocenters. The van der Waals surface area contributed by atoms with Crippen LogP contribution in [-0.2, 0) is 15.1 Å². The van der Waals surface area contributed by atoms with E-state index in [0.717, 1.165) is 12.0 Å². The third-order valence-electron chi connectivity index (χ3n) is 4.25. The maximum atomic E-state index is 12.9. The predicted molar refractivity (Wildman–Crippen MR) is 78.0 cm³/mol. The van der Waals surface area contributed by atoms with Crippen molar-refractivity contribution in [2.75, 3.05) is 0 Å². The van der Waals surface area contributed by atoms with Crippen molar-refractivity contribution in [3.05, 3.63) is 35.9 Å². The van der Waals surface area contributed by atoms with E-state index in [1.807, 2.05) is 44.2 Å². The van der Waals surface area contributed by atoms with Crippen molar-refractivity contribution >= 4 is 11.8 Å². The first-order valence-electron chi connectivity index (χ1n) is 7.12. The van der Waals surface area contributed by atoms with Crippen molar-refractivity contribution in [2.45, 2.75) is 51.7 Å². The molecule has 108 valence electrons. The number of piperazine rings is 1. The number of carbonyl (C=O) groups is 2. The van der Waals surface area contributed by atoms with Crippen LogP contribution >= 0.6 is 0 Å². The summed E-state index contributed by atoms with van der Waals surface area (Å²) < 4.78 is 0. The van der Waals surface area contributed by atoms with Crippen LogP contribution in [0.5, 0.6) is 0 Å². The monoisotopic (exact) mass is 274 g/mol. The highest BCUT2D eigenvalue weighted by Crippen LogP contribution is 2.30. The Balaban J connectivity index is 2.45. The van der Waals surface area contributed by atoms with E-state index in [9.17, 15) is 9.59 Å². The number of hydrogen-bond acceptors (Lipinski definition) is 2. The molecule has 1 aromatic rings. The average Bonchev–Trinajstić information content (AvgIpc) is 2.46. The summed E-state index contributed by atoms with van der Waals surface area (Å²) in [6.45, 7) is 7.57. The Labute approximate surface area is 120 Å². The molecule has 1 saturated heterocycles. The van der Waals surface area contributed by atoms with E-state index in [1.54, 1.807) is 18.7 Å². The molecule has 2 amide bonds. The van der Waals surface area contributed by atoms with Crippen molar-refractivity contribution < 1.29 is 9.59 Å². The van der Waals surface area contributed by atoms with Crippen LogP contribution in [0.3, 0.4) is 0 Å². The lowest BCUT2D eigenvalue weighted by Crippen LogP contribution is -2.68. The van der Waals surface area contributed by atoms with Gasteiger partial charge in [0.1, 0.15) is 11.6 Å². The Hall–Kier alpha value is -1.84. The Morgan fingerprint density at radius 3 is 2.45 bits per heavy atom. The summed E-state index contributed by atoms with van der Waals surface area (Å²) in [5, 5.41) is 2.89. The number of amides is 2. The second-order valence-electron chi connectivity index (χ2n) is 5.63. The van der Waals surface area contributed by atoms with E-state index in [1.165, 1.54) is 0 Å². The summed E-state index contributed by atoms with van der Waals surface area (Å²) in [5.41, 5.74) is -0.160. The summed E-state index contributed by atoms with van der Waals surface area (Å²) in [4.78, 5) is 26.9. The number of benzene rings is 1. The Kier molecular flexibility index (Phi) is 3.84. The zero-order chi connectivity index (χ0) is 14.9. The summed E-state index contributed by atoms with van der Waals surface area (Å²) in [6.07, 6.45) is 0.828. The zero-order valence-corrected chi connectivity index (χ0v) is 12.5. The molecule has 4 nitrogen and oxygen atoms in total. The molecule has 0 aromatic heterocycles. The van der Waals surface area contributed by atoms with Gasteiger partial charge in [0, 0.05) is 6.04 Å². The maximum Gasteiger partial charge on any atom is 0.253 e. The van der Waals surface area contributed by atoms with Crippen LogP contribution in [0.2, 0.25) is 0 Å². The van der Waals surface area contributed by atoms with Crippen molar-refractivity contribution in [2.24, 2.45) is 0 Å². The van der Waals surface area contributed by atoms with Gasteiger partial charge in [0.2, 0.25) is 5.91 Å². The van der Waals surface area contributed by atoms with Gasteiger partial charge in [-0.05, 0) is 32.8 Å². The van der Waals surface area contributed by atoms with Crippen molar-refractivity contribution in [3.63, 3.8) is 0 Å². The van der Waals surface area contributed by atoms with Crippen LogP contribution in [-0.4, -0.2) is 28.8 Å². The molecule has 0 saturated carbocycles. The van der Waals surface area contributed by atoms with Crippen molar-refractivity contribution in [1.29, 1.82) is 0 Å². The highest BCUT2D eigenvalue weighted by atomic mass is 16.2. The summed E-state index contributed by atoms with van der Waals surface area (Å²) in [7, 11) is 0. The average molecular weight is 274 g/mol. The van der Waals surface area contributed by atoms with Gasteiger partial charge >= 0.3 is 0 Å². The molecule has 1 aliphatic heterocycles. The fourth-order valence-electron chi connectivity index (χ4n) is 2.71. The van der Waals surface area contributed by atoms with Gasteiger partial charge < -0.3 is 10.2 Å². The first kappa shape index (κ1) is 14.6. The van der Waals surface area contributed by atoms with E-state index < -0.39 is 11.6 Å². The van der Waals surface area contributed by atoms with E-state index in [-0.39, 0.29) is 17.9 Å². The quantitative estimate of drug-likeness (QED) is 0.917. The van der Waals surface area contributed by atoms with Crippen LogP contribution in [0.25, 0.3) is 0 Å². The zero-order valence-electron chi connectivity index (χ0n) is 12.5.